The van der Waals surface area contributed by atoms with Crippen molar-refractivity contribution < 1.29 is 4.79 Å². The second-order valence-corrected chi connectivity index (χ2v) is 7.25. The van der Waals surface area contributed by atoms with E-state index in [2.05, 4.69) is 32.4 Å². The van der Waals surface area contributed by atoms with Crippen LogP contribution in [0.1, 0.15) is 25.3 Å². The van der Waals surface area contributed by atoms with Crippen molar-refractivity contribution in [2.75, 3.05) is 37.8 Å². The Hall–Kier alpha value is -1.76. The molecule has 1 aliphatic rings. The van der Waals surface area contributed by atoms with Crippen molar-refractivity contribution in [2.24, 2.45) is 4.99 Å². The van der Waals surface area contributed by atoms with Crippen LogP contribution in [0.15, 0.2) is 23.3 Å². The molecule has 0 aromatic carbocycles. The SMILES string of the molecule is CCC1CN(C(=NC)NCCC(=O)Nc2ccc(C)cn2)CCS1. The second-order valence-electron chi connectivity index (χ2n) is 5.84. The number of carbonyl (C=O) groups excluding carboxylic acids is 1. The maximum atomic E-state index is 12.0. The van der Waals surface area contributed by atoms with E-state index in [0.29, 0.717) is 24.0 Å². The number of nitrogens with zero attached hydrogens (tertiary/aromatic N) is 3. The normalized spacial score (nSPS) is 18.4. The fourth-order valence-corrected chi connectivity index (χ4v) is 3.71. The number of thioether (sulfide) groups is 1. The summed E-state index contributed by atoms with van der Waals surface area (Å²) >= 11 is 2.03. The lowest BCUT2D eigenvalue weighted by Crippen LogP contribution is -2.48. The third-order valence-corrected chi connectivity index (χ3v) is 5.29. The summed E-state index contributed by atoms with van der Waals surface area (Å²) in [5.74, 6) is 2.55. The van der Waals surface area contributed by atoms with E-state index in [-0.39, 0.29) is 5.91 Å². The van der Waals surface area contributed by atoms with E-state index in [0.717, 1.165) is 30.4 Å². The lowest BCUT2D eigenvalue weighted by Gasteiger charge is -2.34. The highest BCUT2D eigenvalue weighted by molar-refractivity contribution is 8.00. The highest BCUT2D eigenvalue weighted by atomic mass is 32.2. The molecular formula is C17H27N5OS. The van der Waals surface area contributed by atoms with Gasteiger partial charge in [0.2, 0.25) is 5.91 Å². The fraction of sp³-hybridized carbons (Fsp3) is 0.588. The Morgan fingerprint density at radius 1 is 1.50 bits per heavy atom. The van der Waals surface area contributed by atoms with Crippen molar-refractivity contribution in [1.29, 1.82) is 0 Å². The van der Waals surface area contributed by atoms with Crippen molar-refractivity contribution in [3.63, 3.8) is 0 Å². The number of carbonyl (C=O) groups is 1. The molecule has 0 aliphatic carbocycles. The predicted molar refractivity (Wildman–Crippen MR) is 102 cm³/mol. The van der Waals surface area contributed by atoms with Crippen LogP contribution in [-0.4, -0.2) is 59.4 Å². The van der Waals surface area contributed by atoms with Gasteiger partial charge in [-0.3, -0.25) is 9.79 Å². The Balaban J connectivity index is 1.75. The molecule has 0 saturated carbocycles. The van der Waals surface area contributed by atoms with Crippen molar-refractivity contribution >= 4 is 29.4 Å². The average molecular weight is 350 g/mol. The van der Waals surface area contributed by atoms with E-state index in [4.69, 9.17) is 0 Å². The van der Waals surface area contributed by atoms with Crippen LogP contribution in [0.3, 0.4) is 0 Å². The molecule has 7 heteroatoms. The topological polar surface area (TPSA) is 69.6 Å². The zero-order valence-corrected chi connectivity index (χ0v) is 15.5. The number of aliphatic imine (C=N–C) groups is 1. The van der Waals surface area contributed by atoms with E-state index >= 15 is 0 Å². The molecule has 0 radical (unpaired) electrons. The lowest BCUT2D eigenvalue weighted by molar-refractivity contribution is -0.116. The highest BCUT2D eigenvalue weighted by Gasteiger charge is 2.21. The van der Waals surface area contributed by atoms with Gasteiger partial charge in [0, 0.05) is 50.3 Å². The molecule has 1 aromatic rings. The first-order valence-electron chi connectivity index (χ1n) is 8.42. The summed E-state index contributed by atoms with van der Waals surface area (Å²) < 4.78 is 0. The standard InChI is InChI=1S/C17H27N5OS/c1-4-14-12-22(9-10-24-14)17(18-3)19-8-7-16(23)21-15-6-5-13(2)11-20-15/h5-6,11,14H,4,7-10,12H2,1-3H3,(H,18,19)(H,20,21,23). The maximum absolute atomic E-state index is 12.0. The molecule has 1 saturated heterocycles. The van der Waals surface area contributed by atoms with E-state index in [1.807, 2.05) is 30.8 Å². The molecule has 2 rings (SSSR count). The minimum Gasteiger partial charge on any atom is -0.356 e. The third-order valence-electron chi connectivity index (χ3n) is 3.92. The second kappa shape index (κ2) is 9.52. The Morgan fingerprint density at radius 3 is 3.00 bits per heavy atom. The van der Waals surface area contributed by atoms with Gasteiger partial charge in [-0.2, -0.15) is 11.8 Å². The zero-order valence-electron chi connectivity index (χ0n) is 14.7. The summed E-state index contributed by atoms with van der Waals surface area (Å²) in [7, 11) is 1.79. The summed E-state index contributed by atoms with van der Waals surface area (Å²) in [6, 6.07) is 3.75. The van der Waals surface area contributed by atoms with Crippen LogP contribution < -0.4 is 10.6 Å². The van der Waals surface area contributed by atoms with Crippen LogP contribution in [0.4, 0.5) is 5.82 Å². The summed E-state index contributed by atoms with van der Waals surface area (Å²) in [5.41, 5.74) is 1.07. The molecular weight excluding hydrogens is 322 g/mol. The fourth-order valence-electron chi connectivity index (χ4n) is 2.53. The van der Waals surface area contributed by atoms with Gasteiger partial charge >= 0.3 is 0 Å². The minimum atomic E-state index is -0.0464. The quantitative estimate of drug-likeness (QED) is 0.629. The van der Waals surface area contributed by atoms with Crippen LogP contribution in [0.2, 0.25) is 0 Å². The molecule has 1 aromatic heterocycles. The number of aromatic nitrogens is 1. The molecule has 132 valence electrons. The Kier molecular flexibility index (Phi) is 7.36. The van der Waals surface area contributed by atoms with Gasteiger partial charge in [-0.15, -0.1) is 0 Å². The number of hydrogen-bond acceptors (Lipinski definition) is 4. The molecule has 1 fully saturated rings. The van der Waals surface area contributed by atoms with Gasteiger partial charge in [0.1, 0.15) is 5.82 Å². The van der Waals surface area contributed by atoms with Gasteiger partial charge in [0.15, 0.2) is 5.96 Å². The number of pyridine rings is 1. The van der Waals surface area contributed by atoms with E-state index in [1.54, 1.807) is 13.2 Å². The van der Waals surface area contributed by atoms with Gasteiger partial charge < -0.3 is 15.5 Å². The Labute approximate surface area is 148 Å². The maximum Gasteiger partial charge on any atom is 0.227 e. The Bertz CT molecular complexity index is 561. The number of nitrogens with one attached hydrogen (secondary N) is 2. The van der Waals surface area contributed by atoms with Gasteiger partial charge in [-0.05, 0) is 25.0 Å². The minimum absolute atomic E-state index is 0.0464. The smallest absolute Gasteiger partial charge is 0.227 e. The summed E-state index contributed by atoms with van der Waals surface area (Å²) in [6.45, 7) is 6.77. The number of rotatable bonds is 5. The number of amides is 1. The summed E-state index contributed by atoms with van der Waals surface area (Å²) in [4.78, 5) is 22.8. The highest BCUT2D eigenvalue weighted by Crippen LogP contribution is 2.20. The molecule has 2 heterocycles. The van der Waals surface area contributed by atoms with Crippen molar-refractivity contribution in [3.05, 3.63) is 23.9 Å². The van der Waals surface area contributed by atoms with Gasteiger partial charge in [-0.1, -0.05) is 13.0 Å². The molecule has 1 aliphatic heterocycles. The van der Waals surface area contributed by atoms with E-state index in [1.165, 1.54) is 6.42 Å². The van der Waals surface area contributed by atoms with E-state index < -0.39 is 0 Å². The molecule has 1 amide bonds. The lowest BCUT2D eigenvalue weighted by atomic mass is 10.3. The Morgan fingerprint density at radius 2 is 2.33 bits per heavy atom. The first-order chi connectivity index (χ1) is 11.6. The number of anilines is 1. The molecule has 24 heavy (non-hydrogen) atoms. The molecule has 0 spiro atoms. The molecule has 2 N–H and O–H groups in total. The molecule has 6 nitrogen and oxygen atoms in total. The number of guanidine groups is 1. The van der Waals surface area contributed by atoms with Gasteiger partial charge in [-0.25, -0.2) is 4.98 Å². The number of aryl methyl sites for hydroxylation is 1. The van der Waals surface area contributed by atoms with Crippen molar-refractivity contribution in [3.8, 4) is 0 Å². The summed E-state index contributed by atoms with van der Waals surface area (Å²) in [5, 5.41) is 6.77. The molecule has 1 atom stereocenters. The van der Waals surface area contributed by atoms with Crippen molar-refractivity contribution in [2.45, 2.75) is 31.9 Å². The average Bonchev–Trinajstić information content (AvgIpc) is 2.61. The van der Waals surface area contributed by atoms with E-state index in [9.17, 15) is 4.79 Å². The monoisotopic (exact) mass is 349 g/mol. The van der Waals surface area contributed by atoms with Crippen LogP contribution in [0.25, 0.3) is 0 Å². The van der Waals surface area contributed by atoms with Gasteiger partial charge in [0.05, 0.1) is 0 Å². The predicted octanol–water partition coefficient (Wildman–Crippen LogP) is 2.12. The number of hydrogen-bond donors (Lipinski definition) is 2. The van der Waals surface area contributed by atoms with Crippen LogP contribution in [0, 0.1) is 6.92 Å². The molecule has 1 unspecified atom stereocenters. The van der Waals surface area contributed by atoms with Gasteiger partial charge in [0.25, 0.3) is 0 Å². The molecule has 0 bridgehead atoms. The first kappa shape index (κ1) is 18.6. The van der Waals surface area contributed by atoms with Crippen molar-refractivity contribution in [1.82, 2.24) is 15.2 Å². The zero-order chi connectivity index (χ0) is 17.4. The van der Waals surface area contributed by atoms with Crippen LogP contribution in [-0.2, 0) is 4.79 Å². The third kappa shape index (κ3) is 5.70. The van der Waals surface area contributed by atoms with Crippen LogP contribution >= 0.6 is 11.8 Å². The largest absolute Gasteiger partial charge is 0.356 e. The first-order valence-corrected chi connectivity index (χ1v) is 9.47. The summed E-state index contributed by atoms with van der Waals surface area (Å²) in [6.07, 6.45) is 3.30. The van der Waals surface area contributed by atoms with Crippen LogP contribution in [0.5, 0.6) is 0 Å².